The maximum Gasteiger partial charge on any atom is 0.341 e. The summed E-state index contributed by atoms with van der Waals surface area (Å²) in [5, 5.41) is 4.94. The molecule has 128 valence electrons. The minimum absolute atomic E-state index is 0.237. The van der Waals surface area contributed by atoms with Gasteiger partial charge in [0.15, 0.2) is 0 Å². The number of amides is 1. The van der Waals surface area contributed by atoms with Crippen LogP contribution in [-0.4, -0.2) is 23.5 Å². The molecule has 1 N–H and O–H groups in total. The zero-order valence-electron chi connectivity index (χ0n) is 13.7. The third kappa shape index (κ3) is 3.61. The summed E-state index contributed by atoms with van der Waals surface area (Å²) in [6.07, 6.45) is 3.05. The number of carbonyl (C=O) groups excluding carboxylic acids is 2. The lowest BCUT2D eigenvalue weighted by Gasteiger charge is -2.07. The predicted octanol–water partition coefficient (Wildman–Crippen LogP) is 4.14. The van der Waals surface area contributed by atoms with Gasteiger partial charge in [-0.05, 0) is 38.1 Å². The average molecular weight is 356 g/mol. The highest BCUT2D eigenvalue weighted by Crippen LogP contribution is 2.37. The molecule has 1 amide bonds. The van der Waals surface area contributed by atoms with Crippen molar-refractivity contribution in [3.8, 4) is 11.3 Å². The van der Waals surface area contributed by atoms with Crippen molar-refractivity contribution < 1.29 is 18.7 Å². The highest BCUT2D eigenvalue weighted by Gasteiger charge is 2.24. The van der Waals surface area contributed by atoms with E-state index in [2.05, 4.69) is 10.3 Å². The second-order valence-corrected chi connectivity index (χ2v) is 6.06. The molecule has 0 saturated carbocycles. The van der Waals surface area contributed by atoms with Crippen LogP contribution in [0.5, 0.6) is 0 Å². The Kier molecular flexibility index (Phi) is 4.95. The maximum absolute atomic E-state index is 12.4. The summed E-state index contributed by atoms with van der Waals surface area (Å²) in [5.74, 6) is 0.438. The molecule has 0 radical (unpaired) electrons. The molecule has 0 aliphatic heterocycles. The number of anilines is 1. The second-order valence-electron chi connectivity index (χ2n) is 5.18. The standard InChI is InChI=1S/C18H16N2O4S/c1-3-23-18(22)15-13(14-7-6-11(2)24-14)10-25-17(15)20-16(21)12-5-4-8-19-9-12/h4-10H,3H2,1-2H3,(H,20,21). The molecule has 0 aliphatic rings. The number of rotatable bonds is 5. The number of thiophene rings is 1. The Morgan fingerprint density at radius 2 is 2.16 bits per heavy atom. The number of nitrogens with one attached hydrogen (secondary N) is 1. The van der Waals surface area contributed by atoms with Gasteiger partial charge in [-0.3, -0.25) is 9.78 Å². The molecular weight excluding hydrogens is 340 g/mol. The Labute approximate surface area is 148 Å². The number of hydrogen-bond donors (Lipinski definition) is 1. The molecule has 0 aliphatic carbocycles. The fourth-order valence-electron chi connectivity index (χ4n) is 2.29. The number of furan rings is 1. The summed E-state index contributed by atoms with van der Waals surface area (Å²) in [7, 11) is 0. The monoisotopic (exact) mass is 356 g/mol. The van der Waals surface area contributed by atoms with Gasteiger partial charge in [0.25, 0.3) is 5.91 Å². The van der Waals surface area contributed by atoms with Gasteiger partial charge in [-0.2, -0.15) is 0 Å². The number of carbonyl (C=O) groups is 2. The van der Waals surface area contributed by atoms with E-state index in [4.69, 9.17) is 9.15 Å². The lowest BCUT2D eigenvalue weighted by atomic mass is 10.1. The van der Waals surface area contributed by atoms with E-state index >= 15 is 0 Å². The molecule has 3 aromatic rings. The number of ether oxygens (including phenoxy) is 1. The third-order valence-electron chi connectivity index (χ3n) is 3.43. The summed E-state index contributed by atoms with van der Waals surface area (Å²) < 4.78 is 10.8. The molecule has 7 heteroatoms. The molecule has 3 heterocycles. The van der Waals surface area contributed by atoms with Crippen LogP contribution in [0, 0.1) is 6.92 Å². The van der Waals surface area contributed by atoms with Crippen LogP contribution < -0.4 is 5.32 Å². The first-order valence-corrected chi connectivity index (χ1v) is 8.55. The number of hydrogen-bond acceptors (Lipinski definition) is 6. The predicted molar refractivity (Wildman–Crippen MR) is 94.9 cm³/mol. The van der Waals surface area contributed by atoms with Crippen molar-refractivity contribution in [2.75, 3.05) is 11.9 Å². The lowest BCUT2D eigenvalue weighted by molar-refractivity contribution is 0.0529. The number of nitrogens with zero attached hydrogens (tertiary/aromatic N) is 1. The zero-order valence-corrected chi connectivity index (χ0v) is 14.6. The average Bonchev–Trinajstić information content (AvgIpc) is 3.22. The van der Waals surface area contributed by atoms with Crippen molar-refractivity contribution in [3.63, 3.8) is 0 Å². The maximum atomic E-state index is 12.4. The van der Waals surface area contributed by atoms with Crippen LogP contribution in [-0.2, 0) is 4.74 Å². The first-order valence-electron chi connectivity index (χ1n) is 7.67. The molecule has 25 heavy (non-hydrogen) atoms. The second kappa shape index (κ2) is 7.31. The van der Waals surface area contributed by atoms with Crippen molar-refractivity contribution in [3.05, 3.63) is 58.9 Å². The first-order chi connectivity index (χ1) is 12.1. The van der Waals surface area contributed by atoms with Crippen LogP contribution in [0.3, 0.4) is 0 Å². The molecule has 0 spiro atoms. The van der Waals surface area contributed by atoms with E-state index in [9.17, 15) is 9.59 Å². The van der Waals surface area contributed by atoms with Crippen molar-refractivity contribution in [2.24, 2.45) is 0 Å². The van der Waals surface area contributed by atoms with E-state index in [1.54, 1.807) is 36.7 Å². The highest BCUT2D eigenvalue weighted by molar-refractivity contribution is 7.15. The van der Waals surface area contributed by atoms with Crippen molar-refractivity contribution in [1.29, 1.82) is 0 Å². The largest absolute Gasteiger partial charge is 0.462 e. The van der Waals surface area contributed by atoms with E-state index in [0.29, 0.717) is 27.5 Å². The zero-order chi connectivity index (χ0) is 17.8. The summed E-state index contributed by atoms with van der Waals surface area (Å²) >= 11 is 1.24. The molecular formula is C18H16N2O4S. The Balaban J connectivity index is 1.97. The minimum atomic E-state index is -0.505. The van der Waals surface area contributed by atoms with E-state index in [1.165, 1.54) is 17.5 Å². The molecule has 3 aromatic heterocycles. The normalized spacial score (nSPS) is 10.5. The number of esters is 1. The fourth-order valence-corrected chi connectivity index (χ4v) is 3.22. The van der Waals surface area contributed by atoms with Crippen molar-refractivity contribution in [2.45, 2.75) is 13.8 Å². The van der Waals surface area contributed by atoms with Gasteiger partial charge in [0.1, 0.15) is 22.1 Å². The number of aromatic nitrogens is 1. The minimum Gasteiger partial charge on any atom is -0.462 e. The van der Waals surface area contributed by atoms with Gasteiger partial charge in [0.05, 0.1) is 12.2 Å². The van der Waals surface area contributed by atoms with Crippen LogP contribution in [0.25, 0.3) is 11.3 Å². The number of pyridine rings is 1. The number of aryl methyl sites for hydroxylation is 1. The molecule has 0 aromatic carbocycles. The third-order valence-corrected chi connectivity index (χ3v) is 4.32. The molecule has 0 fully saturated rings. The van der Waals surface area contributed by atoms with Crippen LogP contribution >= 0.6 is 11.3 Å². The van der Waals surface area contributed by atoms with Crippen molar-refractivity contribution in [1.82, 2.24) is 4.98 Å². The SMILES string of the molecule is CCOC(=O)c1c(-c2ccc(C)o2)csc1NC(=O)c1cccnc1. The van der Waals surface area contributed by atoms with Gasteiger partial charge in [-0.15, -0.1) is 11.3 Å². The molecule has 6 nitrogen and oxygen atoms in total. The molecule has 0 atom stereocenters. The molecule has 0 saturated heterocycles. The van der Waals surface area contributed by atoms with E-state index < -0.39 is 5.97 Å². The van der Waals surface area contributed by atoms with Crippen LogP contribution in [0.15, 0.2) is 46.5 Å². The fraction of sp³-hybridized carbons (Fsp3) is 0.167. The first kappa shape index (κ1) is 16.9. The van der Waals surface area contributed by atoms with E-state index in [0.717, 1.165) is 5.76 Å². The highest BCUT2D eigenvalue weighted by atomic mass is 32.1. The summed E-state index contributed by atoms with van der Waals surface area (Å²) in [6, 6.07) is 6.92. The molecule has 3 rings (SSSR count). The van der Waals surface area contributed by atoms with E-state index in [1.807, 2.05) is 13.0 Å². The summed E-state index contributed by atoms with van der Waals surface area (Å²) in [4.78, 5) is 28.7. The quantitative estimate of drug-likeness (QED) is 0.695. The van der Waals surface area contributed by atoms with Crippen LogP contribution in [0.4, 0.5) is 5.00 Å². The summed E-state index contributed by atoms with van der Waals surface area (Å²) in [5.41, 5.74) is 1.29. The van der Waals surface area contributed by atoms with Gasteiger partial charge in [0, 0.05) is 23.3 Å². The Hall–Kier alpha value is -2.93. The Morgan fingerprint density at radius 3 is 2.80 bits per heavy atom. The van der Waals surface area contributed by atoms with E-state index in [-0.39, 0.29) is 12.5 Å². The van der Waals surface area contributed by atoms with Crippen LogP contribution in [0.2, 0.25) is 0 Å². The summed E-state index contributed by atoms with van der Waals surface area (Å²) in [6.45, 7) is 3.79. The van der Waals surface area contributed by atoms with Gasteiger partial charge >= 0.3 is 5.97 Å². The van der Waals surface area contributed by atoms with Crippen LogP contribution in [0.1, 0.15) is 33.4 Å². The Morgan fingerprint density at radius 1 is 1.32 bits per heavy atom. The van der Waals surface area contributed by atoms with Gasteiger partial charge < -0.3 is 14.5 Å². The lowest BCUT2D eigenvalue weighted by Crippen LogP contribution is -2.14. The van der Waals surface area contributed by atoms with Crippen molar-refractivity contribution >= 4 is 28.2 Å². The van der Waals surface area contributed by atoms with Gasteiger partial charge in [-0.1, -0.05) is 0 Å². The smallest absolute Gasteiger partial charge is 0.341 e. The molecule has 0 unspecified atom stereocenters. The molecule has 0 bridgehead atoms. The Bertz CT molecular complexity index is 899. The topological polar surface area (TPSA) is 81.4 Å². The van der Waals surface area contributed by atoms with Gasteiger partial charge in [0.2, 0.25) is 0 Å². The van der Waals surface area contributed by atoms with Gasteiger partial charge in [-0.25, -0.2) is 4.79 Å².